The van der Waals surface area contributed by atoms with Crippen molar-refractivity contribution in [2.24, 2.45) is 4.99 Å². The Morgan fingerprint density at radius 2 is 2.18 bits per heavy atom. The highest BCUT2D eigenvalue weighted by molar-refractivity contribution is 6.29. The number of nitrogens with zero attached hydrogens (tertiary/aromatic N) is 4. The maximum absolute atomic E-state index is 8.45. The molecule has 0 bridgehead atoms. The summed E-state index contributed by atoms with van der Waals surface area (Å²) in [7, 11) is 1.63. The summed E-state index contributed by atoms with van der Waals surface area (Å²) in [6.07, 6.45) is 10.0. The van der Waals surface area contributed by atoms with Crippen molar-refractivity contribution in [3.63, 3.8) is 0 Å². The van der Waals surface area contributed by atoms with Crippen molar-refractivity contribution in [2.75, 3.05) is 13.7 Å². The Hall–Kier alpha value is -3.55. The van der Waals surface area contributed by atoms with Crippen LogP contribution in [-0.4, -0.2) is 39.8 Å². The zero-order valence-corrected chi connectivity index (χ0v) is 19.9. The first kappa shape index (κ1) is 23.6. The van der Waals surface area contributed by atoms with Crippen LogP contribution >= 0.6 is 11.6 Å². The Labute approximate surface area is 204 Å². The van der Waals surface area contributed by atoms with Crippen LogP contribution in [0.4, 0.5) is 0 Å². The molecule has 174 valence electrons. The van der Waals surface area contributed by atoms with Crippen molar-refractivity contribution in [1.82, 2.24) is 14.5 Å². The Balaban J connectivity index is 1.57. The van der Waals surface area contributed by atoms with Crippen LogP contribution < -0.4 is 4.74 Å². The number of amidine groups is 1. The quantitative estimate of drug-likeness (QED) is 0.288. The number of rotatable bonds is 5. The van der Waals surface area contributed by atoms with Gasteiger partial charge in [-0.05, 0) is 55.2 Å². The molecule has 3 heterocycles. The Bertz CT molecular complexity index is 1260. The van der Waals surface area contributed by atoms with E-state index in [1.807, 2.05) is 48.0 Å². The van der Waals surface area contributed by atoms with Crippen LogP contribution in [0.1, 0.15) is 35.8 Å². The normalized spacial score (nSPS) is 17.8. The fourth-order valence-electron chi connectivity index (χ4n) is 3.72. The Kier molecular flexibility index (Phi) is 7.35. The summed E-state index contributed by atoms with van der Waals surface area (Å²) in [5.74, 6) is 0.806. The van der Waals surface area contributed by atoms with Gasteiger partial charge >= 0.3 is 0 Å². The maximum Gasteiger partial charge on any atom is 0.144 e. The largest absolute Gasteiger partial charge is 0.495 e. The van der Waals surface area contributed by atoms with Crippen LogP contribution in [0.25, 0.3) is 11.8 Å². The van der Waals surface area contributed by atoms with Crippen molar-refractivity contribution in [3.05, 3.63) is 89.3 Å². The summed E-state index contributed by atoms with van der Waals surface area (Å²) >= 11 is 5.94. The molecule has 0 radical (unpaired) electrons. The molecule has 2 aromatic heterocycles. The van der Waals surface area contributed by atoms with Crippen LogP contribution in [0, 0.1) is 12.3 Å². The minimum Gasteiger partial charge on any atom is -0.495 e. The van der Waals surface area contributed by atoms with Gasteiger partial charge in [-0.25, -0.2) is 15.0 Å². The van der Waals surface area contributed by atoms with E-state index in [-0.39, 0.29) is 5.84 Å². The van der Waals surface area contributed by atoms with Gasteiger partial charge in [0.25, 0.3) is 0 Å². The van der Waals surface area contributed by atoms with Gasteiger partial charge in [-0.3, -0.25) is 5.41 Å². The number of halogens is 1. The third-order valence-corrected chi connectivity index (χ3v) is 5.66. The fourth-order valence-corrected chi connectivity index (χ4v) is 3.83. The molecule has 1 aromatic carbocycles. The Morgan fingerprint density at radius 3 is 2.88 bits per heavy atom. The second-order valence-corrected chi connectivity index (χ2v) is 8.33. The molecule has 0 amide bonds. The third-order valence-electron chi connectivity index (χ3n) is 5.44. The molecule has 4 rings (SSSR count). The van der Waals surface area contributed by atoms with E-state index in [0.717, 1.165) is 40.9 Å². The maximum atomic E-state index is 8.45. The highest BCUT2D eigenvalue weighted by Crippen LogP contribution is 2.29. The minimum atomic E-state index is -0.438. The molecule has 1 aliphatic heterocycles. The van der Waals surface area contributed by atoms with Gasteiger partial charge in [0.15, 0.2) is 0 Å². The zero-order valence-electron chi connectivity index (χ0n) is 19.2. The zero-order chi connectivity index (χ0) is 24.1. The lowest BCUT2D eigenvalue weighted by atomic mass is 9.99. The van der Waals surface area contributed by atoms with Gasteiger partial charge in [0.2, 0.25) is 0 Å². The number of ether oxygens (including phenoxy) is 2. The van der Waals surface area contributed by atoms with E-state index in [2.05, 4.69) is 21.5 Å². The number of aromatic nitrogens is 3. The predicted octanol–water partition coefficient (Wildman–Crippen LogP) is 5.78. The lowest BCUT2D eigenvalue weighted by molar-refractivity contribution is 0.102. The summed E-state index contributed by atoms with van der Waals surface area (Å²) in [6, 6.07) is 9.42. The number of hydrogen-bond acceptors (Lipinski definition) is 5. The molecule has 3 aromatic rings. The van der Waals surface area contributed by atoms with Gasteiger partial charge in [-0.1, -0.05) is 36.4 Å². The minimum absolute atomic E-state index is 0.0989. The highest BCUT2D eigenvalue weighted by Gasteiger charge is 2.25. The van der Waals surface area contributed by atoms with Crippen LogP contribution in [0.5, 0.6) is 5.75 Å². The Morgan fingerprint density at radius 1 is 1.32 bits per heavy atom. The first-order chi connectivity index (χ1) is 16.4. The van der Waals surface area contributed by atoms with Crippen LogP contribution in [0.2, 0.25) is 5.15 Å². The molecule has 34 heavy (non-hydrogen) atoms. The fraction of sp³-hybridized carbons (Fsp3) is 0.231. The lowest BCUT2D eigenvalue weighted by Gasteiger charge is -2.18. The van der Waals surface area contributed by atoms with Gasteiger partial charge in [0, 0.05) is 24.6 Å². The molecule has 8 heteroatoms. The first-order valence-corrected chi connectivity index (χ1v) is 11.3. The molecule has 1 aliphatic rings. The third kappa shape index (κ3) is 5.50. The molecule has 1 fully saturated rings. The molecule has 0 unspecified atom stereocenters. The van der Waals surface area contributed by atoms with Gasteiger partial charge in [0.05, 0.1) is 30.5 Å². The molecule has 0 saturated carbocycles. The molecule has 1 saturated heterocycles. The number of pyridine rings is 1. The summed E-state index contributed by atoms with van der Waals surface area (Å²) in [6.45, 7) is 6.70. The first-order valence-electron chi connectivity index (χ1n) is 10.9. The number of nitrogens with one attached hydrogen (secondary N) is 1. The van der Waals surface area contributed by atoms with Gasteiger partial charge < -0.3 is 14.0 Å². The molecular formula is C26H26ClN5O2. The van der Waals surface area contributed by atoms with E-state index in [9.17, 15) is 0 Å². The van der Waals surface area contributed by atoms with Crippen molar-refractivity contribution in [1.29, 1.82) is 5.41 Å². The number of methoxy groups -OCH3 is 1. The van der Waals surface area contributed by atoms with E-state index in [1.54, 1.807) is 31.8 Å². The summed E-state index contributed by atoms with van der Waals surface area (Å²) in [5.41, 5.74) is 5.03. The number of aliphatic imine (C=N–C) groups is 1. The van der Waals surface area contributed by atoms with Crippen LogP contribution in [0.3, 0.4) is 0 Å². The van der Waals surface area contributed by atoms with Crippen molar-refractivity contribution < 1.29 is 9.47 Å². The molecular weight excluding hydrogens is 450 g/mol. The SMILES string of the molecule is C=C1CCCO[C@@H](c2ccc(Cl)nc2)C1=NC(=N)/C=C/c1ccc(-n2cnc(C)c2)c(OC)c1. The summed E-state index contributed by atoms with van der Waals surface area (Å²) < 4.78 is 13.5. The van der Waals surface area contributed by atoms with Gasteiger partial charge in [0.1, 0.15) is 22.8 Å². The van der Waals surface area contributed by atoms with E-state index in [0.29, 0.717) is 23.2 Å². The van der Waals surface area contributed by atoms with Crippen molar-refractivity contribution in [3.8, 4) is 11.4 Å². The average molecular weight is 476 g/mol. The van der Waals surface area contributed by atoms with E-state index in [1.165, 1.54) is 0 Å². The second-order valence-electron chi connectivity index (χ2n) is 7.94. The average Bonchev–Trinajstić information content (AvgIpc) is 3.19. The van der Waals surface area contributed by atoms with Crippen molar-refractivity contribution >= 4 is 29.2 Å². The number of aryl methyl sites for hydroxylation is 1. The monoisotopic (exact) mass is 475 g/mol. The van der Waals surface area contributed by atoms with E-state index >= 15 is 0 Å². The smallest absolute Gasteiger partial charge is 0.144 e. The van der Waals surface area contributed by atoms with E-state index < -0.39 is 6.10 Å². The lowest BCUT2D eigenvalue weighted by Crippen LogP contribution is -2.17. The second kappa shape index (κ2) is 10.6. The van der Waals surface area contributed by atoms with Crippen LogP contribution in [-0.2, 0) is 4.74 Å². The van der Waals surface area contributed by atoms with Gasteiger partial charge in [-0.15, -0.1) is 0 Å². The van der Waals surface area contributed by atoms with Crippen molar-refractivity contribution in [2.45, 2.75) is 25.9 Å². The number of hydrogen-bond donors (Lipinski definition) is 1. The molecule has 0 spiro atoms. The predicted molar refractivity (Wildman–Crippen MR) is 135 cm³/mol. The van der Waals surface area contributed by atoms with Gasteiger partial charge in [-0.2, -0.15) is 0 Å². The molecule has 1 atom stereocenters. The topological polar surface area (TPSA) is 85.4 Å². The highest BCUT2D eigenvalue weighted by atomic mass is 35.5. The molecule has 1 N–H and O–H groups in total. The number of benzene rings is 1. The molecule has 7 nitrogen and oxygen atoms in total. The summed E-state index contributed by atoms with van der Waals surface area (Å²) in [5, 5.41) is 8.86. The summed E-state index contributed by atoms with van der Waals surface area (Å²) in [4.78, 5) is 13.0. The standard InChI is InChI=1S/C26H26ClN5O2/c1-17-5-4-12-34-26(20-8-10-23(27)29-14-20)25(17)31-24(28)11-7-19-6-9-21(22(13-19)33-3)32-15-18(2)30-16-32/h6-11,13-16,26,28H,1,4-5,12H2,2-3H3/b11-7+,28-24?,31-25?/t26-/m0/s1. The van der Waals surface area contributed by atoms with E-state index in [4.69, 9.17) is 26.5 Å². The van der Waals surface area contributed by atoms with Crippen LogP contribution in [0.15, 0.2) is 72.3 Å². The number of imidazole rings is 1. The molecule has 0 aliphatic carbocycles.